The molecule has 2 aliphatic heterocycles. The summed E-state index contributed by atoms with van der Waals surface area (Å²) in [6.07, 6.45) is 0.541. The molecule has 1 fully saturated rings. The van der Waals surface area contributed by atoms with Gasteiger partial charge in [0.15, 0.2) is 0 Å². The number of fused-ring (bicyclic) bond motifs is 1. The van der Waals surface area contributed by atoms with Crippen LogP contribution < -0.4 is 10.1 Å². The predicted octanol–water partition coefficient (Wildman–Crippen LogP) is 2.68. The lowest BCUT2D eigenvalue weighted by Crippen LogP contribution is -2.41. The monoisotopic (exact) mass is 467 g/mol. The third-order valence-corrected chi connectivity index (χ3v) is 6.71. The molecular weight excluding hydrogens is 434 g/mol. The molecule has 2 aromatic rings. The van der Waals surface area contributed by atoms with E-state index in [4.69, 9.17) is 4.74 Å². The SMILES string of the molecule is COC(=O)NCc1ccc2c(c1)[C@@H](C(=O)N(C)[C@H](CN1CC[C@H](O)C1)c1ccccc1)CCO2. The summed E-state index contributed by atoms with van der Waals surface area (Å²) in [5, 5.41) is 12.7. The molecule has 0 aromatic heterocycles. The van der Waals surface area contributed by atoms with Crippen molar-refractivity contribution >= 4 is 12.0 Å². The lowest BCUT2D eigenvalue weighted by Gasteiger charge is -2.36. The van der Waals surface area contributed by atoms with Crippen LogP contribution in [0.25, 0.3) is 0 Å². The Morgan fingerprint density at radius 1 is 1.24 bits per heavy atom. The van der Waals surface area contributed by atoms with Crippen LogP contribution >= 0.6 is 0 Å². The number of benzene rings is 2. The summed E-state index contributed by atoms with van der Waals surface area (Å²) in [5.74, 6) is 0.414. The highest BCUT2D eigenvalue weighted by Crippen LogP contribution is 2.37. The van der Waals surface area contributed by atoms with Gasteiger partial charge in [0.25, 0.3) is 0 Å². The lowest BCUT2D eigenvalue weighted by molar-refractivity contribution is -0.134. The number of methoxy groups -OCH3 is 1. The number of rotatable bonds is 7. The van der Waals surface area contributed by atoms with E-state index in [1.165, 1.54) is 7.11 Å². The topological polar surface area (TPSA) is 91.3 Å². The number of alkyl carbamates (subject to hydrolysis) is 1. The number of likely N-dealkylation sites (N-methyl/N-ethyl adjacent to an activating group) is 1. The Balaban J connectivity index is 1.56. The van der Waals surface area contributed by atoms with Gasteiger partial charge in [0, 0.05) is 38.8 Å². The van der Waals surface area contributed by atoms with Crippen molar-refractivity contribution in [2.45, 2.75) is 37.5 Å². The molecule has 8 heteroatoms. The Kier molecular flexibility index (Phi) is 7.70. The molecular formula is C26H33N3O5. The first-order valence-electron chi connectivity index (χ1n) is 11.8. The summed E-state index contributed by atoms with van der Waals surface area (Å²) in [7, 11) is 3.19. The van der Waals surface area contributed by atoms with E-state index >= 15 is 0 Å². The lowest BCUT2D eigenvalue weighted by atomic mass is 9.89. The van der Waals surface area contributed by atoms with Crippen LogP contribution in [0.4, 0.5) is 4.79 Å². The van der Waals surface area contributed by atoms with E-state index in [1.807, 2.05) is 48.3 Å². The maximum Gasteiger partial charge on any atom is 0.407 e. The summed E-state index contributed by atoms with van der Waals surface area (Å²) in [6.45, 7) is 2.90. The van der Waals surface area contributed by atoms with Crippen LogP contribution in [0.1, 0.15) is 41.5 Å². The van der Waals surface area contributed by atoms with Crippen LogP contribution in [0, 0.1) is 0 Å². The van der Waals surface area contributed by atoms with Crippen molar-refractivity contribution < 1.29 is 24.2 Å². The average molecular weight is 468 g/mol. The fourth-order valence-electron chi connectivity index (χ4n) is 4.81. The van der Waals surface area contributed by atoms with Gasteiger partial charge < -0.3 is 24.8 Å². The van der Waals surface area contributed by atoms with Gasteiger partial charge in [-0.3, -0.25) is 9.69 Å². The first-order chi connectivity index (χ1) is 16.5. The number of amides is 2. The number of hydrogen-bond acceptors (Lipinski definition) is 6. The maximum absolute atomic E-state index is 13.9. The second-order valence-electron chi connectivity index (χ2n) is 8.98. The van der Waals surface area contributed by atoms with E-state index in [1.54, 1.807) is 0 Å². The molecule has 2 N–H and O–H groups in total. The summed E-state index contributed by atoms with van der Waals surface area (Å²) in [4.78, 5) is 29.4. The van der Waals surface area contributed by atoms with E-state index in [9.17, 15) is 14.7 Å². The number of β-amino-alcohol motifs (C(OH)–C–C–N with tert-alkyl or cyclic N) is 1. The van der Waals surface area contributed by atoms with Crippen molar-refractivity contribution in [2.24, 2.45) is 0 Å². The van der Waals surface area contributed by atoms with Crippen molar-refractivity contribution in [1.29, 1.82) is 0 Å². The van der Waals surface area contributed by atoms with Crippen LogP contribution in [0.5, 0.6) is 5.75 Å². The molecule has 0 radical (unpaired) electrons. The summed E-state index contributed by atoms with van der Waals surface area (Å²) in [5.41, 5.74) is 2.79. The predicted molar refractivity (Wildman–Crippen MR) is 128 cm³/mol. The highest BCUT2D eigenvalue weighted by atomic mass is 16.5. The Morgan fingerprint density at radius 3 is 2.74 bits per heavy atom. The largest absolute Gasteiger partial charge is 0.493 e. The second-order valence-corrected chi connectivity index (χ2v) is 8.98. The zero-order valence-corrected chi connectivity index (χ0v) is 19.8. The Labute approximate surface area is 200 Å². The standard InChI is InChI=1S/C26H33N3O5/c1-28(23(19-6-4-3-5-7-19)17-29-12-10-20(30)16-29)25(31)21-11-13-34-24-9-8-18(14-22(21)24)15-27-26(32)33-2/h3-9,14,20-21,23,30H,10-13,15-17H2,1-2H3,(H,27,32)/t20-,21-,23+/m0/s1. The van der Waals surface area contributed by atoms with E-state index in [-0.39, 0.29) is 24.0 Å². The number of carbonyl (C=O) groups is 2. The molecule has 182 valence electrons. The third kappa shape index (κ3) is 5.51. The number of nitrogens with one attached hydrogen (secondary N) is 1. The minimum atomic E-state index is -0.501. The summed E-state index contributed by atoms with van der Waals surface area (Å²) in [6, 6.07) is 15.6. The Bertz CT molecular complexity index is 999. The molecule has 3 atom stereocenters. The van der Waals surface area contributed by atoms with E-state index in [2.05, 4.69) is 27.1 Å². The molecule has 2 aromatic carbocycles. The molecule has 8 nitrogen and oxygen atoms in total. The fraction of sp³-hybridized carbons (Fsp3) is 0.462. The first kappa shape index (κ1) is 24.0. The zero-order chi connectivity index (χ0) is 24.1. The molecule has 0 bridgehead atoms. The Hall–Kier alpha value is -3.10. The highest BCUT2D eigenvalue weighted by molar-refractivity contribution is 5.85. The molecule has 2 amide bonds. The van der Waals surface area contributed by atoms with Gasteiger partial charge >= 0.3 is 6.09 Å². The van der Waals surface area contributed by atoms with Crippen LogP contribution in [0.2, 0.25) is 0 Å². The van der Waals surface area contributed by atoms with Crippen LogP contribution in [0.15, 0.2) is 48.5 Å². The quantitative estimate of drug-likeness (QED) is 0.651. The van der Waals surface area contributed by atoms with Gasteiger partial charge in [0.1, 0.15) is 5.75 Å². The zero-order valence-electron chi connectivity index (χ0n) is 19.8. The van der Waals surface area contributed by atoms with Crippen LogP contribution in [0.3, 0.4) is 0 Å². The van der Waals surface area contributed by atoms with Crippen molar-refractivity contribution in [1.82, 2.24) is 15.1 Å². The van der Waals surface area contributed by atoms with Crippen molar-refractivity contribution in [2.75, 3.05) is 40.4 Å². The average Bonchev–Trinajstić information content (AvgIpc) is 3.29. The van der Waals surface area contributed by atoms with Gasteiger partial charge in [0.2, 0.25) is 5.91 Å². The number of nitrogens with zero attached hydrogens (tertiary/aromatic N) is 2. The number of aliphatic hydroxyl groups excluding tert-OH is 1. The number of ether oxygens (including phenoxy) is 2. The minimum absolute atomic E-state index is 0.0382. The first-order valence-corrected chi connectivity index (χ1v) is 11.8. The number of likely N-dealkylation sites (tertiary alicyclic amines) is 1. The van der Waals surface area contributed by atoms with E-state index in [0.29, 0.717) is 38.4 Å². The van der Waals surface area contributed by atoms with Gasteiger partial charge in [-0.25, -0.2) is 4.79 Å². The fourth-order valence-corrected chi connectivity index (χ4v) is 4.81. The molecule has 2 heterocycles. The highest BCUT2D eigenvalue weighted by Gasteiger charge is 2.34. The smallest absolute Gasteiger partial charge is 0.407 e. The maximum atomic E-state index is 13.9. The molecule has 0 saturated carbocycles. The number of carbonyl (C=O) groups excluding carboxylic acids is 2. The summed E-state index contributed by atoms with van der Waals surface area (Å²) >= 11 is 0. The minimum Gasteiger partial charge on any atom is -0.493 e. The van der Waals surface area contributed by atoms with Crippen molar-refractivity contribution in [3.63, 3.8) is 0 Å². The van der Waals surface area contributed by atoms with Gasteiger partial charge in [-0.05, 0) is 36.1 Å². The molecule has 4 rings (SSSR count). The van der Waals surface area contributed by atoms with Gasteiger partial charge in [-0.1, -0.05) is 36.4 Å². The van der Waals surface area contributed by atoms with E-state index in [0.717, 1.165) is 29.7 Å². The van der Waals surface area contributed by atoms with Gasteiger partial charge in [-0.2, -0.15) is 0 Å². The van der Waals surface area contributed by atoms with E-state index < -0.39 is 6.09 Å². The normalized spacial score (nSPS) is 20.7. The number of aliphatic hydroxyl groups is 1. The van der Waals surface area contributed by atoms with Crippen LogP contribution in [-0.4, -0.2) is 73.4 Å². The second kappa shape index (κ2) is 10.9. The number of hydrogen-bond donors (Lipinski definition) is 2. The molecule has 0 spiro atoms. The molecule has 0 unspecified atom stereocenters. The van der Waals surface area contributed by atoms with Gasteiger partial charge in [-0.15, -0.1) is 0 Å². The molecule has 34 heavy (non-hydrogen) atoms. The molecule has 2 aliphatic rings. The van der Waals surface area contributed by atoms with Crippen LogP contribution in [-0.2, 0) is 16.1 Å². The third-order valence-electron chi connectivity index (χ3n) is 6.71. The van der Waals surface area contributed by atoms with Crippen molar-refractivity contribution in [3.8, 4) is 5.75 Å². The Morgan fingerprint density at radius 2 is 2.03 bits per heavy atom. The molecule has 0 aliphatic carbocycles. The summed E-state index contributed by atoms with van der Waals surface area (Å²) < 4.78 is 10.5. The van der Waals surface area contributed by atoms with Gasteiger partial charge in [0.05, 0.1) is 31.8 Å². The molecule has 1 saturated heterocycles. The van der Waals surface area contributed by atoms with Crippen molar-refractivity contribution in [3.05, 3.63) is 65.2 Å².